The van der Waals surface area contributed by atoms with E-state index in [0.29, 0.717) is 5.56 Å². The lowest BCUT2D eigenvalue weighted by Crippen LogP contribution is -2.23. The van der Waals surface area contributed by atoms with Crippen LogP contribution >= 0.6 is 0 Å². The largest absolute Gasteiger partial charge is 0.307 e. The van der Waals surface area contributed by atoms with Crippen LogP contribution in [0, 0.1) is 19.7 Å². The highest BCUT2D eigenvalue weighted by molar-refractivity contribution is 5.23. The first kappa shape index (κ1) is 14.8. The number of aromatic nitrogens is 2. The van der Waals surface area contributed by atoms with E-state index >= 15 is 0 Å². The highest BCUT2D eigenvalue weighted by Gasteiger charge is 2.05. The lowest BCUT2D eigenvalue weighted by Gasteiger charge is -2.06. The van der Waals surface area contributed by atoms with E-state index in [1.165, 1.54) is 16.8 Å². The maximum absolute atomic E-state index is 13.6. The van der Waals surface area contributed by atoms with E-state index in [4.69, 9.17) is 4.79 Å². The van der Waals surface area contributed by atoms with E-state index in [1.54, 1.807) is 19.1 Å². The molecule has 100 valence electrons. The van der Waals surface area contributed by atoms with Gasteiger partial charge in [0.1, 0.15) is 12.6 Å². The first-order chi connectivity index (χ1) is 9.06. The van der Waals surface area contributed by atoms with Crippen LogP contribution in [-0.4, -0.2) is 16.6 Å². The van der Waals surface area contributed by atoms with E-state index in [1.807, 2.05) is 19.8 Å². The maximum Gasteiger partial charge on any atom is 0.267 e. The van der Waals surface area contributed by atoms with E-state index in [9.17, 15) is 9.18 Å². The molecule has 0 atom stereocenters. The molecule has 0 spiro atoms. The molecule has 2 aromatic rings. The van der Waals surface area contributed by atoms with Crippen LogP contribution < -0.4 is 5.56 Å². The van der Waals surface area contributed by atoms with E-state index < -0.39 is 0 Å². The summed E-state index contributed by atoms with van der Waals surface area (Å²) in [7, 11) is 0. The van der Waals surface area contributed by atoms with Crippen LogP contribution in [0.3, 0.4) is 0 Å². The number of benzene rings is 1. The molecular weight excluding hydrogens is 247 g/mol. The summed E-state index contributed by atoms with van der Waals surface area (Å²) >= 11 is 0. The molecule has 0 N–H and O–H groups in total. The fourth-order valence-corrected chi connectivity index (χ4v) is 1.61. The molecule has 0 aliphatic heterocycles. The fourth-order valence-electron chi connectivity index (χ4n) is 1.61. The number of carbonyl (C=O) groups is 1. The van der Waals surface area contributed by atoms with Crippen LogP contribution in [0.15, 0.2) is 35.1 Å². The molecular formula is C14H15FN2O2. The molecule has 0 amide bonds. The predicted molar refractivity (Wildman–Crippen MR) is 70.6 cm³/mol. The SMILES string of the molecule is C=O.Cc1ccc(Cn2nc(C)ccc2=O)c(F)c1. The van der Waals surface area contributed by atoms with E-state index in [0.717, 1.165) is 11.3 Å². The minimum atomic E-state index is -0.305. The van der Waals surface area contributed by atoms with Gasteiger partial charge < -0.3 is 4.79 Å². The molecule has 0 saturated carbocycles. The van der Waals surface area contributed by atoms with Crippen molar-refractivity contribution < 1.29 is 9.18 Å². The Balaban J connectivity index is 0.000000861. The van der Waals surface area contributed by atoms with Gasteiger partial charge in [-0.15, -0.1) is 0 Å². The van der Waals surface area contributed by atoms with Crippen molar-refractivity contribution in [3.63, 3.8) is 0 Å². The molecule has 0 fully saturated rings. The molecule has 0 aliphatic rings. The molecule has 0 radical (unpaired) electrons. The standard InChI is InChI=1S/C13H13FN2O.CH2O/c1-9-3-5-11(12(14)7-9)8-16-13(17)6-4-10(2)15-16;1-2/h3-7H,8H2,1-2H3;1H2. The summed E-state index contributed by atoms with van der Waals surface area (Å²) in [6.45, 7) is 5.78. The summed E-state index contributed by atoms with van der Waals surface area (Å²) in [5.41, 5.74) is 1.83. The number of hydrogen-bond donors (Lipinski definition) is 0. The Morgan fingerprint density at radius 2 is 1.89 bits per heavy atom. The molecule has 19 heavy (non-hydrogen) atoms. The van der Waals surface area contributed by atoms with Crippen LogP contribution in [0.1, 0.15) is 16.8 Å². The van der Waals surface area contributed by atoms with Gasteiger partial charge in [0, 0.05) is 11.6 Å². The second kappa shape index (κ2) is 6.58. The Morgan fingerprint density at radius 3 is 2.53 bits per heavy atom. The summed E-state index contributed by atoms with van der Waals surface area (Å²) in [5.74, 6) is -0.305. The molecule has 1 heterocycles. The van der Waals surface area contributed by atoms with Crippen LogP contribution in [0.2, 0.25) is 0 Å². The van der Waals surface area contributed by atoms with Gasteiger partial charge >= 0.3 is 0 Å². The zero-order valence-electron chi connectivity index (χ0n) is 10.9. The van der Waals surface area contributed by atoms with Crippen molar-refractivity contribution in [2.24, 2.45) is 0 Å². The lowest BCUT2D eigenvalue weighted by atomic mass is 10.1. The van der Waals surface area contributed by atoms with Gasteiger partial charge in [-0.3, -0.25) is 4.79 Å². The van der Waals surface area contributed by atoms with Gasteiger partial charge in [0.25, 0.3) is 5.56 Å². The number of hydrogen-bond acceptors (Lipinski definition) is 3. The van der Waals surface area contributed by atoms with E-state index in [-0.39, 0.29) is 17.9 Å². The first-order valence-electron chi connectivity index (χ1n) is 5.65. The summed E-state index contributed by atoms with van der Waals surface area (Å²) in [4.78, 5) is 19.5. The predicted octanol–water partition coefficient (Wildman–Crippen LogP) is 1.86. The summed E-state index contributed by atoms with van der Waals surface area (Å²) in [5, 5.41) is 4.07. The molecule has 0 unspecified atom stereocenters. The third kappa shape index (κ3) is 3.84. The van der Waals surface area contributed by atoms with E-state index in [2.05, 4.69) is 5.10 Å². The van der Waals surface area contributed by atoms with Gasteiger partial charge in [-0.2, -0.15) is 5.10 Å². The number of rotatable bonds is 2. The summed E-state index contributed by atoms with van der Waals surface area (Å²) in [6, 6.07) is 8.04. The minimum Gasteiger partial charge on any atom is -0.307 e. The van der Waals surface area contributed by atoms with Crippen molar-refractivity contribution in [2.75, 3.05) is 0 Å². The van der Waals surface area contributed by atoms with Gasteiger partial charge in [-0.05, 0) is 31.5 Å². The zero-order chi connectivity index (χ0) is 14.4. The van der Waals surface area contributed by atoms with Gasteiger partial charge in [-0.1, -0.05) is 12.1 Å². The van der Waals surface area contributed by atoms with Crippen molar-refractivity contribution in [2.45, 2.75) is 20.4 Å². The molecule has 0 bridgehead atoms. The Bertz CT molecular complexity index is 623. The number of aryl methyl sites for hydroxylation is 2. The molecule has 0 aliphatic carbocycles. The zero-order valence-corrected chi connectivity index (χ0v) is 10.9. The van der Waals surface area contributed by atoms with Crippen molar-refractivity contribution in [1.82, 2.24) is 9.78 Å². The van der Waals surface area contributed by atoms with Crippen LogP contribution in [0.4, 0.5) is 4.39 Å². The second-order valence-electron chi connectivity index (χ2n) is 4.07. The average Bonchev–Trinajstić information content (AvgIpc) is 2.39. The summed E-state index contributed by atoms with van der Waals surface area (Å²) in [6.07, 6.45) is 0. The average molecular weight is 262 g/mol. The Kier molecular flexibility index (Phi) is 5.11. The maximum atomic E-state index is 13.6. The first-order valence-corrected chi connectivity index (χ1v) is 5.65. The summed E-state index contributed by atoms with van der Waals surface area (Å²) < 4.78 is 14.9. The van der Waals surface area contributed by atoms with Gasteiger partial charge in [0.05, 0.1) is 12.2 Å². The minimum absolute atomic E-state index is 0.159. The monoisotopic (exact) mass is 262 g/mol. The van der Waals surface area contributed by atoms with Crippen molar-refractivity contribution in [3.05, 3.63) is 63.3 Å². The lowest BCUT2D eigenvalue weighted by molar-refractivity contribution is -0.0979. The Morgan fingerprint density at radius 1 is 1.21 bits per heavy atom. The second-order valence-corrected chi connectivity index (χ2v) is 4.07. The molecule has 1 aromatic carbocycles. The number of halogens is 1. The third-order valence-electron chi connectivity index (χ3n) is 2.53. The van der Waals surface area contributed by atoms with Gasteiger partial charge in [-0.25, -0.2) is 9.07 Å². The molecule has 4 nitrogen and oxygen atoms in total. The van der Waals surface area contributed by atoms with Crippen LogP contribution in [0.25, 0.3) is 0 Å². The highest BCUT2D eigenvalue weighted by atomic mass is 19.1. The van der Waals surface area contributed by atoms with Crippen molar-refractivity contribution in [1.29, 1.82) is 0 Å². The number of carbonyl (C=O) groups excluding carboxylic acids is 1. The normalized spacial score (nSPS) is 9.63. The van der Waals surface area contributed by atoms with Crippen molar-refractivity contribution in [3.8, 4) is 0 Å². The smallest absolute Gasteiger partial charge is 0.267 e. The van der Waals surface area contributed by atoms with Crippen LogP contribution in [0.5, 0.6) is 0 Å². The molecule has 5 heteroatoms. The third-order valence-corrected chi connectivity index (χ3v) is 2.53. The van der Waals surface area contributed by atoms with Crippen LogP contribution in [-0.2, 0) is 11.3 Å². The topological polar surface area (TPSA) is 52.0 Å². The quantitative estimate of drug-likeness (QED) is 0.830. The fraction of sp³-hybridized carbons (Fsp3) is 0.214. The van der Waals surface area contributed by atoms with Crippen molar-refractivity contribution >= 4 is 6.79 Å². The Labute approximate surface area is 110 Å². The molecule has 1 aromatic heterocycles. The van der Waals surface area contributed by atoms with Gasteiger partial charge in [0.2, 0.25) is 0 Å². The number of nitrogens with zero attached hydrogens (tertiary/aromatic N) is 2. The van der Waals surface area contributed by atoms with Gasteiger partial charge in [0.15, 0.2) is 0 Å². The highest BCUT2D eigenvalue weighted by Crippen LogP contribution is 2.10. The molecule has 2 rings (SSSR count). The Hall–Kier alpha value is -2.30. The molecule has 0 saturated heterocycles.